The number of amidine groups is 1. The molecule has 2 N–H and O–H groups in total. The van der Waals surface area contributed by atoms with Crippen molar-refractivity contribution < 1.29 is 13.2 Å². The first-order valence-corrected chi connectivity index (χ1v) is 12.1. The van der Waals surface area contributed by atoms with Gasteiger partial charge in [0.1, 0.15) is 0 Å². The molecule has 29 heavy (non-hydrogen) atoms. The topological polar surface area (TPSA) is 87.6 Å². The fourth-order valence-corrected chi connectivity index (χ4v) is 7.35. The monoisotopic (exact) mass is 429 g/mol. The molecule has 2 aromatic carbocycles. The first kappa shape index (κ1) is 20.0. The van der Waals surface area contributed by atoms with Gasteiger partial charge < -0.3 is 10.6 Å². The molecular weight excluding hydrogens is 406 g/mol. The van der Waals surface area contributed by atoms with E-state index in [-0.39, 0.29) is 28.7 Å². The molecule has 2 heterocycles. The standard InChI is InChI=1S/C21H23N3O3S2/c1-12-6-13(2)8-16(7-12)22-20(25)15-5-4-14(3)17(9-15)23-21-24-18-10-29(26,27)11-19(18)28-21/h4-9,18-19H,10-11H2,1-3H3,(H,22,25)(H,23,24)/t18-,19-/m1/s1. The van der Waals surface area contributed by atoms with E-state index in [0.717, 1.165) is 28.1 Å². The molecule has 0 bridgehead atoms. The zero-order chi connectivity index (χ0) is 20.8. The van der Waals surface area contributed by atoms with Gasteiger partial charge in [-0.25, -0.2) is 8.42 Å². The number of thioether (sulfide) groups is 1. The summed E-state index contributed by atoms with van der Waals surface area (Å²) in [6.07, 6.45) is 0. The van der Waals surface area contributed by atoms with Crippen molar-refractivity contribution >= 4 is 44.0 Å². The predicted molar refractivity (Wildman–Crippen MR) is 120 cm³/mol. The molecule has 8 heteroatoms. The molecule has 0 spiro atoms. The van der Waals surface area contributed by atoms with Gasteiger partial charge in [0.25, 0.3) is 5.91 Å². The van der Waals surface area contributed by atoms with E-state index in [1.807, 2.05) is 39.0 Å². The Labute approximate surface area is 175 Å². The molecule has 6 nitrogen and oxygen atoms in total. The first-order chi connectivity index (χ1) is 13.7. The Morgan fingerprint density at radius 1 is 1.07 bits per heavy atom. The van der Waals surface area contributed by atoms with E-state index < -0.39 is 9.84 Å². The summed E-state index contributed by atoms with van der Waals surface area (Å²) in [5.41, 5.74) is 5.29. The molecule has 1 amide bonds. The van der Waals surface area contributed by atoms with Crippen LogP contribution < -0.4 is 10.6 Å². The molecule has 0 unspecified atom stereocenters. The van der Waals surface area contributed by atoms with Gasteiger partial charge in [0, 0.05) is 22.2 Å². The van der Waals surface area contributed by atoms with Crippen LogP contribution in [0.3, 0.4) is 0 Å². The van der Waals surface area contributed by atoms with Crippen molar-refractivity contribution in [1.82, 2.24) is 0 Å². The summed E-state index contributed by atoms with van der Waals surface area (Å²) >= 11 is 1.47. The van der Waals surface area contributed by atoms with E-state index in [9.17, 15) is 13.2 Å². The lowest BCUT2D eigenvalue weighted by Crippen LogP contribution is -2.15. The number of rotatable bonds is 3. The maximum absolute atomic E-state index is 12.7. The Hall–Kier alpha value is -2.32. The third-order valence-electron chi connectivity index (χ3n) is 5.04. The van der Waals surface area contributed by atoms with Crippen LogP contribution in [0, 0.1) is 20.8 Å². The SMILES string of the molecule is Cc1cc(C)cc(NC(=O)c2ccc(C)c(NC3=N[C@@H]4CS(=O)(=O)C[C@H]4S3)c2)c1. The average Bonchev–Trinajstić information content (AvgIpc) is 3.08. The third-order valence-corrected chi connectivity index (χ3v) is 8.18. The Balaban J connectivity index is 1.50. The molecule has 0 radical (unpaired) electrons. The number of anilines is 2. The van der Waals surface area contributed by atoms with E-state index in [1.165, 1.54) is 11.8 Å². The molecule has 1 saturated heterocycles. The number of benzene rings is 2. The maximum atomic E-state index is 12.7. The number of aliphatic imine (C=N–C) groups is 1. The van der Waals surface area contributed by atoms with Crippen LogP contribution in [0.4, 0.5) is 11.4 Å². The molecule has 2 aliphatic rings. The minimum Gasteiger partial charge on any atom is -0.335 e. The molecule has 0 saturated carbocycles. The van der Waals surface area contributed by atoms with Crippen molar-refractivity contribution in [1.29, 1.82) is 0 Å². The Morgan fingerprint density at radius 3 is 2.48 bits per heavy atom. The van der Waals surface area contributed by atoms with Crippen molar-refractivity contribution in [3.8, 4) is 0 Å². The fraction of sp³-hybridized carbons (Fsp3) is 0.333. The first-order valence-electron chi connectivity index (χ1n) is 9.41. The summed E-state index contributed by atoms with van der Waals surface area (Å²) in [4.78, 5) is 17.3. The summed E-state index contributed by atoms with van der Waals surface area (Å²) in [5, 5.41) is 6.93. The van der Waals surface area contributed by atoms with Crippen LogP contribution in [0.5, 0.6) is 0 Å². The van der Waals surface area contributed by atoms with Crippen molar-refractivity contribution in [2.24, 2.45) is 4.99 Å². The van der Waals surface area contributed by atoms with Gasteiger partial charge in [-0.1, -0.05) is 23.9 Å². The fourth-order valence-electron chi connectivity index (χ4n) is 3.68. The zero-order valence-corrected chi connectivity index (χ0v) is 18.2. The Kier molecular flexibility index (Phi) is 5.16. The second-order valence-electron chi connectivity index (χ2n) is 7.72. The van der Waals surface area contributed by atoms with E-state index >= 15 is 0 Å². The number of hydrogen-bond donors (Lipinski definition) is 2. The Morgan fingerprint density at radius 2 is 1.79 bits per heavy atom. The van der Waals surface area contributed by atoms with Gasteiger partial charge >= 0.3 is 0 Å². The number of amides is 1. The summed E-state index contributed by atoms with van der Waals surface area (Å²) in [5.74, 6) is 0.115. The van der Waals surface area contributed by atoms with Crippen LogP contribution in [-0.2, 0) is 9.84 Å². The van der Waals surface area contributed by atoms with Crippen molar-refractivity contribution in [3.63, 3.8) is 0 Å². The zero-order valence-electron chi connectivity index (χ0n) is 16.5. The smallest absolute Gasteiger partial charge is 0.255 e. The predicted octanol–water partition coefficient (Wildman–Crippen LogP) is 3.54. The van der Waals surface area contributed by atoms with E-state index in [2.05, 4.69) is 21.7 Å². The average molecular weight is 430 g/mol. The van der Waals surface area contributed by atoms with E-state index in [0.29, 0.717) is 10.7 Å². The number of nitrogens with one attached hydrogen (secondary N) is 2. The molecule has 2 aliphatic heterocycles. The maximum Gasteiger partial charge on any atom is 0.255 e. The Bertz CT molecular complexity index is 1110. The number of aryl methyl sites for hydroxylation is 3. The van der Waals surface area contributed by atoms with Gasteiger partial charge in [-0.15, -0.1) is 0 Å². The highest BCUT2D eigenvalue weighted by atomic mass is 32.2. The van der Waals surface area contributed by atoms with Crippen LogP contribution in [0.25, 0.3) is 0 Å². The number of carbonyl (C=O) groups is 1. The minimum absolute atomic E-state index is 0.0150. The largest absolute Gasteiger partial charge is 0.335 e. The van der Waals surface area contributed by atoms with Crippen LogP contribution in [0.2, 0.25) is 0 Å². The molecule has 152 valence electrons. The normalized spacial score (nSPS) is 22.1. The summed E-state index contributed by atoms with van der Waals surface area (Å²) in [7, 11) is -2.97. The molecule has 4 rings (SSSR count). The second-order valence-corrected chi connectivity index (χ2v) is 11.1. The molecule has 2 aromatic rings. The quantitative estimate of drug-likeness (QED) is 0.779. The molecule has 0 aromatic heterocycles. The van der Waals surface area contributed by atoms with Crippen molar-refractivity contribution in [2.45, 2.75) is 32.1 Å². The summed E-state index contributed by atoms with van der Waals surface area (Å²) in [6.45, 7) is 5.95. The molecule has 2 atom stereocenters. The lowest BCUT2D eigenvalue weighted by atomic mass is 10.1. The van der Waals surface area contributed by atoms with Gasteiger partial charge in [-0.05, 0) is 61.7 Å². The number of sulfone groups is 1. The van der Waals surface area contributed by atoms with Crippen molar-refractivity contribution in [2.75, 3.05) is 22.1 Å². The number of carbonyl (C=O) groups excluding carboxylic acids is 1. The lowest BCUT2D eigenvalue weighted by molar-refractivity contribution is 0.102. The number of hydrogen-bond acceptors (Lipinski definition) is 6. The van der Waals surface area contributed by atoms with Crippen LogP contribution in [0.15, 0.2) is 41.4 Å². The van der Waals surface area contributed by atoms with Gasteiger partial charge in [0.2, 0.25) is 0 Å². The van der Waals surface area contributed by atoms with E-state index in [4.69, 9.17) is 0 Å². The summed E-state index contributed by atoms with van der Waals surface area (Å²) < 4.78 is 23.5. The van der Waals surface area contributed by atoms with Gasteiger partial charge in [0.05, 0.1) is 17.5 Å². The van der Waals surface area contributed by atoms with E-state index in [1.54, 1.807) is 12.1 Å². The van der Waals surface area contributed by atoms with Crippen molar-refractivity contribution in [3.05, 3.63) is 58.7 Å². The summed E-state index contributed by atoms with van der Waals surface area (Å²) in [6, 6.07) is 11.3. The number of fused-ring (bicyclic) bond motifs is 1. The van der Waals surface area contributed by atoms with Crippen LogP contribution in [-0.4, -0.2) is 42.3 Å². The third kappa shape index (κ3) is 4.48. The van der Waals surface area contributed by atoms with Gasteiger partial charge in [-0.3, -0.25) is 9.79 Å². The molecular formula is C21H23N3O3S2. The minimum atomic E-state index is -2.97. The molecule has 0 aliphatic carbocycles. The number of nitrogens with zero attached hydrogens (tertiary/aromatic N) is 1. The van der Waals surface area contributed by atoms with Gasteiger partial charge in [0.15, 0.2) is 15.0 Å². The van der Waals surface area contributed by atoms with Gasteiger partial charge in [-0.2, -0.15) is 0 Å². The lowest BCUT2D eigenvalue weighted by Gasteiger charge is -2.12. The molecule has 1 fully saturated rings. The highest BCUT2D eigenvalue weighted by Crippen LogP contribution is 2.35. The highest BCUT2D eigenvalue weighted by molar-refractivity contribution is 8.15. The van der Waals surface area contributed by atoms with Crippen LogP contribution >= 0.6 is 11.8 Å². The second kappa shape index (κ2) is 7.50. The van der Waals surface area contributed by atoms with Crippen LogP contribution in [0.1, 0.15) is 27.0 Å². The highest BCUT2D eigenvalue weighted by Gasteiger charge is 2.42.